The van der Waals surface area contributed by atoms with Crippen molar-refractivity contribution in [2.24, 2.45) is 0 Å². The van der Waals surface area contributed by atoms with Crippen LogP contribution in [-0.2, 0) is 16.1 Å². The minimum Gasteiger partial charge on any atom is -0.497 e. The first-order chi connectivity index (χ1) is 13.0. The van der Waals surface area contributed by atoms with E-state index in [1.54, 1.807) is 17.0 Å². The van der Waals surface area contributed by atoms with Crippen LogP contribution in [0.4, 0.5) is 4.39 Å². The molecule has 0 saturated carbocycles. The van der Waals surface area contributed by atoms with Crippen molar-refractivity contribution >= 4 is 11.8 Å². The second-order valence-electron chi connectivity index (χ2n) is 7.05. The van der Waals surface area contributed by atoms with E-state index in [0.717, 1.165) is 0 Å². The van der Waals surface area contributed by atoms with Crippen molar-refractivity contribution in [3.63, 3.8) is 0 Å². The van der Waals surface area contributed by atoms with Crippen molar-refractivity contribution in [3.05, 3.63) is 29.6 Å². The molecule has 8 heteroatoms. The Kier molecular flexibility index (Phi) is 6.28. The lowest BCUT2D eigenvalue weighted by molar-refractivity contribution is -0.140. The predicted octanol–water partition coefficient (Wildman–Crippen LogP) is 0.508. The molecule has 0 unspecified atom stereocenters. The summed E-state index contributed by atoms with van der Waals surface area (Å²) in [5.74, 6) is -0.271. The number of methoxy groups -OCH3 is 1. The summed E-state index contributed by atoms with van der Waals surface area (Å²) in [5.41, 5.74) is 0.462. The maximum atomic E-state index is 14.3. The quantitative estimate of drug-likeness (QED) is 0.779. The standard InChI is InChI=1S/C19H26FN3O4/c1-27-15-3-2-13(16(20)10-15)12-23-9-6-21-19(26)17(23)11-18(25)22-7-4-14(24)5-8-22/h2-3,10,14,17,24H,4-9,11-12H2,1H3,(H,21,26)/t17-/m1/s1. The molecule has 2 amide bonds. The van der Waals surface area contributed by atoms with E-state index in [1.165, 1.54) is 13.2 Å². The smallest absolute Gasteiger partial charge is 0.237 e. The average molecular weight is 379 g/mol. The van der Waals surface area contributed by atoms with Crippen LogP contribution in [0.2, 0.25) is 0 Å². The number of carbonyl (C=O) groups is 2. The van der Waals surface area contributed by atoms with Crippen molar-refractivity contribution in [3.8, 4) is 5.75 Å². The fourth-order valence-electron chi connectivity index (χ4n) is 3.59. The normalized spacial score (nSPS) is 21.8. The topological polar surface area (TPSA) is 82.1 Å². The van der Waals surface area contributed by atoms with Gasteiger partial charge in [-0.2, -0.15) is 0 Å². The number of aliphatic hydroxyl groups excluding tert-OH is 1. The van der Waals surface area contributed by atoms with E-state index < -0.39 is 11.9 Å². The summed E-state index contributed by atoms with van der Waals surface area (Å²) in [6.07, 6.45) is 0.813. The van der Waals surface area contributed by atoms with Gasteiger partial charge in [0.25, 0.3) is 0 Å². The number of hydrogen-bond donors (Lipinski definition) is 2. The van der Waals surface area contributed by atoms with Crippen LogP contribution in [0.5, 0.6) is 5.75 Å². The number of nitrogens with zero attached hydrogens (tertiary/aromatic N) is 2. The molecule has 1 aromatic rings. The number of halogens is 1. The summed E-state index contributed by atoms with van der Waals surface area (Å²) in [4.78, 5) is 28.5. The number of rotatable bonds is 5. The molecule has 2 aliphatic rings. The highest BCUT2D eigenvalue weighted by molar-refractivity contribution is 5.88. The van der Waals surface area contributed by atoms with Gasteiger partial charge in [-0.05, 0) is 18.9 Å². The molecule has 2 heterocycles. The number of hydrogen-bond acceptors (Lipinski definition) is 5. The third kappa shape index (κ3) is 4.75. The monoisotopic (exact) mass is 379 g/mol. The van der Waals surface area contributed by atoms with Gasteiger partial charge in [-0.15, -0.1) is 0 Å². The number of benzene rings is 1. The van der Waals surface area contributed by atoms with Gasteiger partial charge in [0.05, 0.1) is 25.7 Å². The molecule has 0 bridgehead atoms. The lowest BCUT2D eigenvalue weighted by Crippen LogP contribution is -2.56. The largest absolute Gasteiger partial charge is 0.497 e. The molecule has 0 aliphatic carbocycles. The number of amides is 2. The summed E-state index contributed by atoms with van der Waals surface area (Å²) in [7, 11) is 1.48. The molecular formula is C19H26FN3O4. The van der Waals surface area contributed by atoms with Gasteiger partial charge in [0, 0.05) is 44.4 Å². The molecule has 1 atom stereocenters. The highest BCUT2D eigenvalue weighted by Gasteiger charge is 2.34. The second-order valence-corrected chi connectivity index (χ2v) is 7.05. The fourth-order valence-corrected chi connectivity index (χ4v) is 3.59. The number of piperazine rings is 1. The number of nitrogens with one attached hydrogen (secondary N) is 1. The first kappa shape index (κ1) is 19.6. The van der Waals surface area contributed by atoms with Crippen molar-refractivity contribution in [1.82, 2.24) is 15.1 Å². The van der Waals surface area contributed by atoms with Crippen LogP contribution in [0, 0.1) is 5.82 Å². The number of aliphatic hydroxyl groups is 1. The van der Waals surface area contributed by atoms with Gasteiger partial charge in [-0.3, -0.25) is 14.5 Å². The molecule has 2 N–H and O–H groups in total. The van der Waals surface area contributed by atoms with Crippen molar-refractivity contribution in [1.29, 1.82) is 0 Å². The van der Waals surface area contributed by atoms with Gasteiger partial charge in [0.15, 0.2) is 0 Å². The predicted molar refractivity (Wildman–Crippen MR) is 96.6 cm³/mol. The van der Waals surface area contributed by atoms with Gasteiger partial charge in [0.1, 0.15) is 11.6 Å². The zero-order valence-electron chi connectivity index (χ0n) is 15.5. The van der Waals surface area contributed by atoms with Crippen LogP contribution in [0.1, 0.15) is 24.8 Å². The molecule has 148 valence electrons. The second kappa shape index (κ2) is 8.67. The van der Waals surface area contributed by atoms with Gasteiger partial charge < -0.3 is 20.1 Å². The van der Waals surface area contributed by atoms with Crippen LogP contribution >= 0.6 is 0 Å². The van der Waals surface area contributed by atoms with Gasteiger partial charge in [0.2, 0.25) is 11.8 Å². The van der Waals surface area contributed by atoms with E-state index in [-0.39, 0.29) is 30.9 Å². The van der Waals surface area contributed by atoms with E-state index in [1.807, 2.05) is 4.90 Å². The molecule has 0 aromatic heterocycles. The Labute approximate surface area is 158 Å². The number of piperidine rings is 1. The van der Waals surface area contributed by atoms with Crippen LogP contribution in [0.25, 0.3) is 0 Å². The molecule has 0 spiro atoms. The highest BCUT2D eigenvalue weighted by atomic mass is 19.1. The average Bonchev–Trinajstić information content (AvgIpc) is 2.66. The minimum atomic E-state index is -0.625. The molecule has 1 aromatic carbocycles. The van der Waals surface area contributed by atoms with Crippen molar-refractivity contribution in [2.45, 2.75) is 38.0 Å². The Bertz CT molecular complexity index is 692. The van der Waals surface area contributed by atoms with E-state index in [0.29, 0.717) is 50.3 Å². The molecular weight excluding hydrogens is 353 g/mol. The van der Waals surface area contributed by atoms with E-state index in [2.05, 4.69) is 5.32 Å². The molecule has 3 rings (SSSR count). The minimum absolute atomic E-state index is 0.0553. The Hall–Kier alpha value is -2.19. The third-order valence-electron chi connectivity index (χ3n) is 5.26. The lowest BCUT2D eigenvalue weighted by atomic mass is 10.0. The van der Waals surface area contributed by atoms with Gasteiger partial charge in [-0.25, -0.2) is 4.39 Å². The zero-order chi connectivity index (χ0) is 19.4. The number of ether oxygens (including phenoxy) is 1. The summed E-state index contributed by atoms with van der Waals surface area (Å²) in [5, 5.41) is 12.4. The molecule has 2 saturated heterocycles. The summed E-state index contributed by atoms with van der Waals surface area (Å²) < 4.78 is 19.3. The summed E-state index contributed by atoms with van der Waals surface area (Å²) in [6, 6.07) is 4.02. The van der Waals surface area contributed by atoms with Crippen LogP contribution in [0.3, 0.4) is 0 Å². The van der Waals surface area contributed by atoms with Crippen molar-refractivity contribution in [2.75, 3.05) is 33.3 Å². The Morgan fingerprint density at radius 3 is 2.74 bits per heavy atom. The first-order valence-corrected chi connectivity index (χ1v) is 9.28. The molecule has 7 nitrogen and oxygen atoms in total. The van der Waals surface area contributed by atoms with E-state index >= 15 is 0 Å². The van der Waals surface area contributed by atoms with Crippen LogP contribution in [-0.4, -0.2) is 72.2 Å². The van der Waals surface area contributed by atoms with Crippen LogP contribution in [0.15, 0.2) is 18.2 Å². The van der Waals surface area contributed by atoms with Crippen LogP contribution < -0.4 is 10.1 Å². The van der Waals surface area contributed by atoms with E-state index in [4.69, 9.17) is 4.74 Å². The lowest BCUT2D eigenvalue weighted by Gasteiger charge is -2.37. The number of likely N-dealkylation sites (tertiary alicyclic amines) is 1. The third-order valence-corrected chi connectivity index (χ3v) is 5.26. The summed E-state index contributed by atoms with van der Waals surface area (Å²) in [6.45, 7) is 2.27. The molecule has 2 fully saturated rings. The maximum absolute atomic E-state index is 14.3. The fraction of sp³-hybridized carbons (Fsp3) is 0.579. The molecule has 0 radical (unpaired) electrons. The Balaban J connectivity index is 1.68. The summed E-state index contributed by atoms with van der Waals surface area (Å²) >= 11 is 0. The SMILES string of the molecule is COc1ccc(CN2CCNC(=O)[C@H]2CC(=O)N2CCC(O)CC2)c(F)c1. The van der Waals surface area contributed by atoms with E-state index in [9.17, 15) is 19.1 Å². The Morgan fingerprint density at radius 1 is 1.33 bits per heavy atom. The zero-order valence-corrected chi connectivity index (χ0v) is 15.5. The first-order valence-electron chi connectivity index (χ1n) is 9.28. The van der Waals surface area contributed by atoms with Crippen molar-refractivity contribution < 1.29 is 23.8 Å². The van der Waals surface area contributed by atoms with Gasteiger partial charge in [-0.1, -0.05) is 6.07 Å². The molecule has 2 aliphatic heterocycles. The van der Waals surface area contributed by atoms with Gasteiger partial charge >= 0.3 is 0 Å². The maximum Gasteiger partial charge on any atom is 0.237 e. The highest BCUT2D eigenvalue weighted by Crippen LogP contribution is 2.21. The molecule has 27 heavy (non-hydrogen) atoms. The Morgan fingerprint density at radius 2 is 2.07 bits per heavy atom. The number of carbonyl (C=O) groups excluding carboxylic acids is 2.